The third kappa shape index (κ3) is 15.1. The fourth-order valence-electron chi connectivity index (χ4n) is 3.08. The lowest BCUT2D eigenvalue weighted by Crippen LogP contribution is -2.22. The fourth-order valence-corrected chi connectivity index (χ4v) is 3.08. The van der Waals surface area contributed by atoms with E-state index in [4.69, 9.17) is 14.6 Å². The Hall–Kier alpha value is -0.870. The van der Waals surface area contributed by atoms with Crippen LogP contribution in [0.2, 0.25) is 0 Å². The number of hydrogen-bond donors (Lipinski definition) is 1. The third-order valence-corrected chi connectivity index (χ3v) is 4.63. The molecule has 25 heavy (non-hydrogen) atoms. The van der Waals surface area contributed by atoms with Gasteiger partial charge in [0.25, 0.3) is 0 Å². The maximum atomic E-state index is 10.4. The minimum atomic E-state index is -0.669. The largest absolute Gasteiger partial charge is 0.481 e. The van der Waals surface area contributed by atoms with Crippen LogP contribution in [0.25, 0.3) is 0 Å². The van der Waals surface area contributed by atoms with E-state index in [9.17, 15) is 4.79 Å². The normalized spacial score (nSPS) is 18.0. The van der Waals surface area contributed by atoms with Crippen molar-refractivity contribution in [2.24, 2.45) is 0 Å². The Morgan fingerprint density at radius 2 is 1.56 bits per heavy atom. The van der Waals surface area contributed by atoms with E-state index in [0.717, 1.165) is 45.3 Å². The molecule has 0 spiro atoms. The van der Waals surface area contributed by atoms with Crippen LogP contribution in [0.3, 0.4) is 0 Å². The van der Waals surface area contributed by atoms with E-state index in [-0.39, 0.29) is 6.29 Å². The van der Waals surface area contributed by atoms with Gasteiger partial charge in [-0.1, -0.05) is 44.3 Å². The van der Waals surface area contributed by atoms with Gasteiger partial charge in [-0.05, 0) is 57.8 Å². The molecule has 0 aromatic heterocycles. The lowest BCUT2D eigenvalue weighted by atomic mass is 10.1. The molecule has 4 heteroatoms. The summed E-state index contributed by atoms with van der Waals surface area (Å²) in [6, 6.07) is 0. The molecule has 1 heterocycles. The molecule has 1 N–H and O–H groups in total. The smallest absolute Gasteiger partial charge is 0.303 e. The second kappa shape index (κ2) is 16.6. The quantitative estimate of drug-likeness (QED) is 0.279. The molecule has 0 aromatic rings. The van der Waals surface area contributed by atoms with Crippen LogP contribution in [0.5, 0.6) is 0 Å². The lowest BCUT2D eigenvalue weighted by Gasteiger charge is -2.22. The molecule has 0 aliphatic carbocycles. The molecule has 0 amide bonds. The van der Waals surface area contributed by atoms with Crippen molar-refractivity contribution >= 4 is 5.97 Å². The minimum Gasteiger partial charge on any atom is -0.481 e. The molecular formula is C21H38O4. The number of carbonyl (C=O) groups is 1. The van der Waals surface area contributed by atoms with Crippen LogP contribution in [0.15, 0.2) is 12.2 Å². The Morgan fingerprint density at radius 3 is 2.20 bits per heavy atom. The van der Waals surface area contributed by atoms with Crippen LogP contribution >= 0.6 is 0 Å². The van der Waals surface area contributed by atoms with Crippen molar-refractivity contribution in [2.45, 2.75) is 103 Å². The number of hydrogen-bond acceptors (Lipinski definition) is 3. The molecular weight excluding hydrogens is 316 g/mol. The van der Waals surface area contributed by atoms with Gasteiger partial charge in [0.15, 0.2) is 6.29 Å². The number of rotatable bonds is 16. The van der Waals surface area contributed by atoms with Gasteiger partial charge in [-0.3, -0.25) is 4.79 Å². The Bertz CT molecular complexity index is 335. The standard InChI is InChI=1S/C21H38O4/c22-20(23)16-12-10-8-6-4-2-1-3-5-7-9-11-14-18-24-21-17-13-15-19-25-21/h5,7,21H,1-4,6,8-19H2,(H,22,23)/b7-5-. The van der Waals surface area contributed by atoms with E-state index < -0.39 is 5.97 Å². The summed E-state index contributed by atoms with van der Waals surface area (Å²) in [6.45, 7) is 1.68. The summed E-state index contributed by atoms with van der Waals surface area (Å²) in [5.74, 6) is -0.669. The van der Waals surface area contributed by atoms with Gasteiger partial charge in [0, 0.05) is 19.6 Å². The zero-order chi connectivity index (χ0) is 18.0. The first-order valence-corrected chi connectivity index (χ1v) is 10.4. The van der Waals surface area contributed by atoms with Crippen molar-refractivity contribution in [2.75, 3.05) is 13.2 Å². The summed E-state index contributed by atoms with van der Waals surface area (Å²) in [6.07, 6.45) is 21.3. The van der Waals surface area contributed by atoms with E-state index in [1.54, 1.807) is 0 Å². The molecule has 0 radical (unpaired) electrons. The van der Waals surface area contributed by atoms with E-state index in [1.165, 1.54) is 57.8 Å². The summed E-state index contributed by atoms with van der Waals surface area (Å²) in [7, 11) is 0. The van der Waals surface area contributed by atoms with E-state index in [1.807, 2.05) is 0 Å². The van der Waals surface area contributed by atoms with Crippen LogP contribution in [-0.2, 0) is 14.3 Å². The van der Waals surface area contributed by atoms with Gasteiger partial charge in [-0.15, -0.1) is 0 Å². The number of carboxylic acids is 1. The van der Waals surface area contributed by atoms with E-state index >= 15 is 0 Å². The highest BCUT2D eigenvalue weighted by Gasteiger charge is 2.12. The monoisotopic (exact) mass is 354 g/mol. The van der Waals surface area contributed by atoms with Crippen LogP contribution in [-0.4, -0.2) is 30.6 Å². The Morgan fingerprint density at radius 1 is 0.920 bits per heavy atom. The maximum absolute atomic E-state index is 10.4. The van der Waals surface area contributed by atoms with Gasteiger partial charge >= 0.3 is 5.97 Å². The van der Waals surface area contributed by atoms with Gasteiger partial charge in [0.1, 0.15) is 0 Å². The zero-order valence-electron chi connectivity index (χ0n) is 15.9. The highest BCUT2D eigenvalue weighted by Crippen LogP contribution is 2.14. The second-order valence-corrected chi connectivity index (χ2v) is 7.04. The van der Waals surface area contributed by atoms with Gasteiger partial charge in [-0.25, -0.2) is 0 Å². The van der Waals surface area contributed by atoms with Crippen molar-refractivity contribution in [3.8, 4) is 0 Å². The third-order valence-electron chi connectivity index (χ3n) is 4.63. The first kappa shape index (κ1) is 22.2. The predicted molar refractivity (Wildman–Crippen MR) is 102 cm³/mol. The SMILES string of the molecule is O=C(O)CCCCCCCCC/C=C\CCCCOC1CCCCO1. The molecule has 0 bridgehead atoms. The van der Waals surface area contributed by atoms with Crippen molar-refractivity contribution in [1.29, 1.82) is 0 Å². The summed E-state index contributed by atoms with van der Waals surface area (Å²) in [5, 5.41) is 8.55. The molecule has 0 saturated carbocycles. The van der Waals surface area contributed by atoms with Crippen molar-refractivity contribution in [3.05, 3.63) is 12.2 Å². The van der Waals surface area contributed by atoms with Crippen molar-refractivity contribution in [3.63, 3.8) is 0 Å². The average molecular weight is 355 g/mol. The van der Waals surface area contributed by atoms with Gasteiger partial charge in [0.2, 0.25) is 0 Å². The number of allylic oxidation sites excluding steroid dienone is 2. The molecule has 1 atom stereocenters. The van der Waals surface area contributed by atoms with Crippen LogP contribution in [0, 0.1) is 0 Å². The number of ether oxygens (including phenoxy) is 2. The number of unbranched alkanes of at least 4 members (excludes halogenated alkanes) is 9. The van der Waals surface area contributed by atoms with Crippen LogP contribution in [0.4, 0.5) is 0 Å². The molecule has 1 fully saturated rings. The van der Waals surface area contributed by atoms with Crippen molar-refractivity contribution < 1.29 is 19.4 Å². The predicted octanol–water partition coefficient (Wildman–Crippen LogP) is 5.85. The topological polar surface area (TPSA) is 55.8 Å². The zero-order valence-corrected chi connectivity index (χ0v) is 15.9. The summed E-state index contributed by atoms with van der Waals surface area (Å²) < 4.78 is 11.3. The minimum absolute atomic E-state index is 0.0569. The Kier molecular flexibility index (Phi) is 14.7. The van der Waals surface area contributed by atoms with Gasteiger partial charge < -0.3 is 14.6 Å². The average Bonchev–Trinajstić information content (AvgIpc) is 2.62. The summed E-state index contributed by atoms with van der Waals surface area (Å²) >= 11 is 0. The number of aliphatic carboxylic acids is 1. The molecule has 1 aliphatic heterocycles. The number of carboxylic acid groups (broad SMARTS) is 1. The van der Waals surface area contributed by atoms with E-state index in [2.05, 4.69) is 12.2 Å². The summed E-state index contributed by atoms with van der Waals surface area (Å²) in [5.41, 5.74) is 0. The molecule has 0 aromatic carbocycles. The molecule has 1 aliphatic rings. The highest BCUT2D eigenvalue weighted by atomic mass is 16.7. The molecule has 1 unspecified atom stereocenters. The highest BCUT2D eigenvalue weighted by molar-refractivity contribution is 5.66. The maximum Gasteiger partial charge on any atom is 0.303 e. The Balaban J connectivity index is 1.73. The van der Waals surface area contributed by atoms with Crippen LogP contribution < -0.4 is 0 Å². The van der Waals surface area contributed by atoms with Crippen molar-refractivity contribution in [1.82, 2.24) is 0 Å². The summed E-state index contributed by atoms with van der Waals surface area (Å²) in [4.78, 5) is 10.4. The molecule has 1 rings (SSSR count). The van der Waals surface area contributed by atoms with Crippen LogP contribution in [0.1, 0.15) is 96.3 Å². The second-order valence-electron chi connectivity index (χ2n) is 7.04. The first-order chi connectivity index (χ1) is 12.3. The lowest BCUT2D eigenvalue weighted by molar-refractivity contribution is -0.162. The van der Waals surface area contributed by atoms with E-state index in [0.29, 0.717) is 6.42 Å². The molecule has 146 valence electrons. The first-order valence-electron chi connectivity index (χ1n) is 10.4. The van der Waals surface area contributed by atoms with Gasteiger partial charge in [0.05, 0.1) is 0 Å². The molecule has 1 saturated heterocycles. The fraction of sp³-hybridized carbons (Fsp3) is 0.857. The Labute approximate surface area is 154 Å². The van der Waals surface area contributed by atoms with Gasteiger partial charge in [-0.2, -0.15) is 0 Å². The molecule has 4 nitrogen and oxygen atoms in total.